The van der Waals surface area contributed by atoms with Crippen LogP contribution in [-0.4, -0.2) is 38.0 Å². The van der Waals surface area contributed by atoms with Crippen LogP contribution in [0.15, 0.2) is 29.2 Å². The molecule has 0 radical (unpaired) electrons. The fourth-order valence-electron chi connectivity index (χ4n) is 2.12. The van der Waals surface area contributed by atoms with Gasteiger partial charge in [-0.25, -0.2) is 8.42 Å². The highest BCUT2D eigenvalue weighted by Crippen LogP contribution is 2.24. The maximum atomic E-state index is 12.6. The second-order valence-electron chi connectivity index (χ2n) is 4.68. The Morgan fingerprint density at radius 1 is 1.37 bits per heavy atom. The molecule has 0 amide bonds. The number of morpholine rings is 1. The Bertz CT molecular complexity index is 607. The van der Waals surface area contributed by atoms with Crippen LogP contribution < -0.4 is 0 Å². The molecule has 2 rings (SSSR count). The molecular formula is C13H16N2O3S. The van der Waals surface area contributed by atoms with E-state index in [1.165, 1.54) is 16.4 Å². The normalized spacial score (nSPS) is 24.9. The lowest BCUT2D eigenvalue weighted by molar-refractivity contribution is -0.0170. The van der Waals surface area contributed by atoms with Gasteiger partial charge in [-0.15, -0.1) is 0 Å². The van der Waals surface area contributed by atoms with E-state index in [4.69, 9.17) is 10.00 Å². The molecular weight excluding hydrogens is 264 g/mol. The van der Waals surface area contributed by atoms with Gasteiger partial charge in [0.2, 0.25) is 10.0 Å². The molecule has 1 aliphatic rings. The third-order valence-corrected chi connectivity index (χ3v) is 5.18. The van der Waals surface area contributed by atoms with Crippen LogP contribution in [0.5, 0.6) is 0 Å². The minimum Gasteiger partial charge on any atom is -0.375 e. The van der Waals surface area contributed by atoms with Crippen molar-refractivity contribution in [3.8, 4) is 6.07 Å². The smallest absolute Gasteiger partial charge is 0.244 e. The monoisotopic (exact) mass is 280 g/mol. The Morgan fingerprint density at radius 3 is 2.74 bits per heavy atom. The van der Waals surface area contributed by atoms with E-state index in [0.717, 1.165) is 0 Å². The van der Waals surface area contributed by atoms with E-state index in [1.807, 2.05) is 13.0 Å². The van der Waals surface area contributed by atoms with Crippen LogP contribution in [0.25, 0.3) is 0 Å². The lowest BCUT2D eigenvalue weighted by atomic mass is 10.2. The number of hydrogen-bond acceptors (Lipinski definition) is 4. The summed E-state index contributed by atoms with van der Waals surface area (Å²) in [6.07, 6.45) is -0.139. The first-order chi connectivity index (χ1) is 8.96. The zero-order valence-electron chi connectivity index (χ0n) is 10.9. The first kappa shape index (κ1) is 14.0. The van der Waals surface area contributed by atoms with Gasteiger partial charge in [-0.1, -0.05) is 12.1 Å². The Balaban J connectivity index is 2.45. The van der Waals surface area contributed by atoms with Crippen molar-refractivity contribution < 1.29 is 13.2 Å². The molecule has 1 heterocycles. The van der Waals surface area contributed by atoms with E-state index < -0.39 is 10.0 Å². The summed E-state index contributed by atoms with van der Waals surface area (Å²) < 4.78 is 32.1. The zero-order valence-corrected chi connectivity index (χ0v) is 11.7. The van der Waals surface area contributed by atoms with Gasteiger partial charge in [-0.2, -0.15) is 9.57 Å². The van der Waals surface area contributed by atoms with Crippen LogP contribution in [0, 0.1) is 11.3 Å². The maximum Gasteiger partial charge on any atom is 0.244 e. The van der Waals surface area contributed by atoms with Gasteiger partial charge < -0.3 is 4.74 Å². The van der Waals surface area contributed by atoms with E-state index in [0.29, 0.717) is 13.2 Å². The molecule has 102 valence electrons. The first-order valence-electron chi connectivity index (χ1n) is 6.09. The number of nitriles is 1. The maximum absolute atomic E-state index is 12.6. The van der Waals surface area contributed by atoms with Crippen LogP contribution >= 0.6 is 0 Å². The summed E-state index contributed by atoms with van der Waals surface area (Å²) in [5.74, 6) is 0. The summed E-state index contributed by atoms with van der Waals surface area (Å²) in [6, 6.07) is 7.97. The Hall–Kier alpha value is -1.42. The Kier molecular flexibility index (Phi) is 3.90. The minimum atomic E-state index is -3.66. The van der Waals surface area contributed by atoms with Crippen LogP contribution in [0.3, 0.4) is 0 Å². The van der Waals surface area contributed by atoms with Crippen LogP contribution in [0.1, 0.15) is 19.4 Å². The molecule has 1 aromatic carbocycles. The number of rotatable bonds is 2. The van der Waals surface area contributed by atoms with Crippen molar-refractivity contribution in [2.45, 2.75) is 30.9 Å². The Morgan fingerprint density at radius 2 is 2.05 bits per heavy atom. The first-order valence-corrected chi connectivity index (χ1v) is 7.53. The molecule has 2 unspecified atom stereocenters. The quantitative estimate of drug-likeness (QED) is 0.820. The van der Waals surface area contributed by atoms with Gasteiger partial charge in [0.25, 0.3) is 0 Å². The van der Waals surface area contributed by atoms with Gasteiger partial charge in [-0.05, 0) is 26.0 Å². The zero-order chi connectivity index (χ0) is 14.0. The van der Waals surface area contributed by atoms with Gasteiger partial charge in [0.15, 0.2) is 0 Å². The topological polar surface area (TPSA) is 70.4 Å². The predicted octanol–water partition coefficient (Wildman–Crippen LogP) is 1.36. The molecule has 6 heteroatoms. The predicted molar refractivity (Wildman–Crippen MR) is 69.9 cm³/mol. The van der Waals surface area contributed by atoms with Crippen molar-refractivity contribution in [3.63, 3.8) is 0 Å². The summed E-state index contributed by atoms with van der Waals surface area (Å²) in [6.45, 7) is 4.32. The number of sulfonamides is 1. The molecule has 0 N–H and O–H groups in total. The molecule has 1 aliphatic heterocycles. The third-order valence-electron chi connectivity index (χ3n) is 3.14. The average Bonchev–Trinajstić information content (AvgIpc) is 2.41. The second-order valence-corrected chi connectivity index (χ2v) is 6.53. The highest BCUT2D eigenvalue weighted by Gasteiger charge is 2.35. The van der Waals surface area contributed by atoms with E-state index >= 15 is 0 Å². The van der Waals surface area contributed by atoms with Gasteiger partial charge in [0.05, 0.1) is 23.2 Å². The molecule has 1 aromatic rings. The standard InChI is InChI=1S/C13H16N2O3S/c1-10-9-18-11(2)8-15(10)19(16,17)13-6-4-3-5-12(13)7-14/h3-6,10-11H,8-9H2,1-2H3. The second kappa shape index (κ2) is 5.29. The molecule has 0 spiro atoms. The van der Waals surface area contributed by atoms with Crippen molar-refractivity contribution >= 4 is 10.0 Å². The van der Waals surface area contributed by atoms with Crippen LogP contribution in [0.2, 0.25) is 0 Å². The summed E-state index contributed by atoms with van der Waals surface area (Å²) in [5.41, 5.74) is 0.175. The van der Waals surface area contributed by atoms with Crippen molar-refractivity contribution in [2.24, 2.45) is 0 Å². The summed E-state index contributed by atoms with van der Waals surface area (Å²) >= 11 is 0. The van der Waals surface area contributed by atoms with Crippen LogP contribution in [0.4, 0.5) is 0 Å². The highest BCUT2D eigenvalue weighted by atomic mass is 32.2. The van der Waals surface area contributed by atoms with Gasteiger partial charge in [0.1, 0.15) is 6.07 Å². The van der Waals surface area contributed by atoms with Crippen molar-refractivity contribution in [1.29, 1.82) is 5.26 Å². The lowest BCUT2D eigenvalue weighted by Crippen LogP contribution is -2.50. The molecule has 0 aromatic heterocycles. The van der Waals surface area contributed by atoms with Crippen molar-refractivity contribution in [1.82, 2.24) is 4.31 Å². The molecule has 2 atom stereocenters. The third kappa shape index (κ3) is 2.63. The highest BCUT2D eigenvalue weighted by molar-refractivity contribution is 7.89. The van der Waals surface area contributed by atoms with Gasteiger partial charge in [-0.3, -0.25) is 0 Å². The number of hydrogen-bond donors (Lipinski definition) is 0. The van der Waals surface area contributed by atoms with Crippen LogP contribution in [-0.2, 0) is 14.8 Å². The Labute approximate surface area is 113 Å². The molecule has 19 heavy (non-hydrogen) atoms. The molecule has 0 bridgehead atoms. The van der Waals surface area contributed by atoms with Gasteiger partial charge in [0, 0.05) is 12.6 Å². The number of benzene rings is 1. The number of ether oxygens (including phenoxy) is 1. The van der Waals surface area contributed by atoms with Crippen molar-refractivity contribution in [3.05, 3.63) is 29.8 Å². The minimum absolute atomic E-state index is 0.0680. The van der Waals surface area contributed by atoms with Gasteiger partial charge >= 0.3 is 0 Å². The molecule has 1 fully saturated rings. The summed E-state index contributed by atoms with van der Waals surface area (Å²) in [7, 11) is -3.66. The fraction of sp³-hybridized carbons (Fsp3) is 0.462. The SMILES string of the molecule is CC1CN(S(=O)(=O)c2ccccc2C#N)C(C)CO1. The largest absolute Gasteiger partial charge is 0.375 e. The fourth-order valence-corrected chi connectivity index (χ4v) is 3.95. The van der Waals surface area contributed by atoms with E-state index in [1.54, 1.807) is 19.1 Å². The summed E-state index contributed by atoms with van der Waals surface area (Å²) in [5, 5.41) is 9.04. The molecule has 1 saturated heterocycles. The summed E-state index contributed by atoms with van der Waals surface area (Å²) in [4.78, 5) is 0.0680. The van der Waals surface area contributed by atoms with E-state index in [9.17, 15) is 8.42 Å². The average molecular weight is 280 g/mol. The molecule has 0 aliphatic carbocycles. The van der Waals surface area contributed by atoms with Crippen molar-refractivity contribution in [2.75, 3.05) is 13.2 Å². The molecule has 0 saturated carbocycles. The van der Waals surface area contributed by atoms with E-state index in [-0.39, 0.29) is 22.6 Å². The van der Waals surface area contributed by atoms with E-state index in [2.05, 4.69) is 0 Å². The lowest BCUT2D eigenvalue weighted by Gasteiger charge is -2.35. The molecule has 5 nitrogen and oxygen atoms in total. The number of nitrogens with zero attached hydrogens (tertiary/aromatic N) is 2.